The molecule has 3 aliphatic rings. The molecule has 2 aromatic heterocycles. The zero-order valence-corrected chi connectivity index (χ0v) is 25.4. The number of aryl methyl sites for hydroxylation is 1. The molecule has 0 radical (unpaired) electrons. The third-order valence-electron chi connectivity index (χ3n) is 9.91. The molecule has 3 fully saturated rings. The first-order valence-electron chi connectivity index (χ1n) is 15.7. The van der Waals surface area contributed by atoms with Crippen molar-refractivity contribution in [3.8, 4) is 17.3 Å². The van der Waals surface area contributed by atoms with Crippen LogP contribution in [0.2, 0.25) is 0 Å². The molecule has 1 atom stereocenters. The number of piperidine rings is 1. The fraction of sp³-hybridized carbons (Fsp3) is 0.500. The highest BCUT2D eigenvalue weighted by Crippen LogP contribution is 2.41. The van der Waals surface area contributed by atoms with Crippen LogP contribution in [0.1, 0.15) is 60.9 Å². The number of carbonyl (C=O) groups is 2. The van der Waals surface area contributed by atoms with Crippen molar-refractivity contribution in [2.75, 3.05) is 39.9 Å². The molecule has 43 heavy (non-hydrogen) atoms. The van der Waals surface area contributed by atoms with Gasteiger partial charge in [0.05, 0.1) is 23.8 Å². The van der Waals surface area contributed by atoms with Gasteiger partial charge in [-0.15, -0.1) is 0 Å². The van der Waals surface area contributed by atoms with E-state index in [1.54, 1.807) is 12.0 Å². The maximum atomic E-state index is 13.6. The minimum atomic E-state index is -0.445. The van der Waals surface area contributed by atoms with Gasteiger partial charge in [0.25, 0.3) is 5.91 Å². The van der Waals surface area contributed by atoms with E-state index in [1.165, 1.54) is 30.3 Å². The monoisotopic (exact) mass is 583 g/mol. The van der Waals surface area contributed by atoms with Gasteiger partial charge in [-0.05, 0) is 61.3 Å². The van der Waals surface area contributed by atoms with Crippen LogP contribution < -0.4 is 4.74 Å². The van der Waals surface area contributed by atoms with Crippen molar-refractivity contribution < 1.29 is 19.4 Å². The molecule has 1 N–H and O–H groups in total. The lowest BCUT2D eigenvalue weighted by Gasteiger charge is -2.39. The summed E-state index contributed by atoms with van der Waals surface area (Å²) in [6.07, 6.45) is 5.76. The zero-order valence-electron chi connectivity index (χ0n) is 25.4. The molecule has 0 spiro atoms. The molecule has 2 aliphatic heterocycles. The quantitative estimate of drug-likeness (QED) is 0.322. The lowest BCUT2D eigenvalue weighted by Crippen LogP contribution is -2.49. The first kappa shape index (κ1) is 28.0. The summed E-state index contributed by atoms with van der Waals surface area (Å²) in [5, 5.41) is 10.5. The van der Waals surface area contributed by atoms with Gasteiger partial charge in [-0.1, -0.05) is 31.5 Å². The lowest BCUT2D eigenvalue weighted by molar-refractivity contribution is -0.138. The molecule has 2 amide bonds. The highest BCUT2D eigenvalue weighted by Gasteiger charge is 2.34. The standard InChI is InChI=1S/C34H41N5O4/c1-4-21-7-6-12-37(16-21)34(42)24-13-27-32(29(15-24)43-3)36(2)33(35-27)28-14-23-8-5-9-26(25-18-38(19-25)30(41)20-40)31(23)39(28)17-22-10-11-22/h5,8-9,13-15,21-22,25,40H,4,6-7,10-12,16-20H2,1-3H3/t21-/m1/s1. The first-order chi connectivity index (χ1) is 20.9. The molecular weight excluding hydrogens is 542 g/mol. The smallest absolute Gasteiger partial charge is 0.254 e. The van der Waals surface area contributed by atoms with Crippen molar-refractivity contribution in [2.45, 2.75) is 51.5 Å². The van der Waals surface area contributed by atoms with Gasteiger partial charge in [-0.3, -0.25) is 9.59 Å². The van der Waals surface area contributed by atoms with Crippen LogP contribution in [0.5, 0.6) is 5.75 Å². The van der Waals surface area contributed by atoms with Gasteiger partial charge in [0.15, 0.2) is 5.82 Å². The van der Waals surface area contributed by atoms with E-state index < -0.39 is 6.61 Å². The Morgan fingerprint density at radius 2 is 1.84 bits per heavy atom. The third-order valence-corrected chi connectivity index (χ3v) is 9.91. The van der Waals surface area contributed by atoms with Gasteiger partial charge < -0.3 is 28.8 Å². The number of ether oxygens (including phenoxy) is 1. The molecule has 7 rings (SSSR count). The molecule has 9 heteroatoms. The number of methoxy groups -OCH3 is 1. The van der Waals surface area contributed by atoms with Gasteiger partial charge in [0, 0.05) is 56.6 Å². The van der Waals surface area contributed by atoms with E-state index in [1.807, 2.05) is 24.1 Å². The number of rotatable bonds is 8. The Morgan fingerprint density at radius 3 is 2.56 bits per heavy atom. The number of carbonyl (C=O) groups excluding carboxylic acids is 2. The number of aliphatic hydroxyl groups is 1. The number of aliphatic hydroxyl groups excluding tert-OH is 1. The Bertz CT molecular complexity index is 1710. The van der Waals surface area contributed by atoms with Crippen molar-refractivity contribution in [3.05, 3.63) is 47.5 Å². The number of likely N-dealkylation sites (tertiary alicyclic amines) is 2. The molecule has 0 bridgehead atoms. The Balaban J connectivity index is 1.31. The topological polar surface area (TPSA) is 92.8 Å². The van der Waals surface area contributed by atoms with Crippen LogP contribution in [-0.4, -0.2) is 80.7 Å². The predicted octanol–water partition coefficient (Wildman–Crippen LogP) is 4.79. The summed E-state index contributed by atoms with van der Waals surface area (Å²) in [6, 6.07) is 12.5. The van der Waals surface area contributed by atoms with E-state index in [9.17, 15) is 14.7 Å². The zero-order chi connectivity index (χ0) is 29.8. The maximum absolute atomic E-state index is 13.6. The average molecular weight is 584 g/mol. The van der Waals surface area contributed by atoms with E-state index in [0.29, 0.717) is 36.2 Å². The van der Waals surface area contributed by atoms with Gasteiger partial charge in [0.1, 0.15) is 17.9 Å². The third kappa shape index (κ3) is 4.87. The average Bonchev–Trinajstić information content (AvgIpc) is 3.67. The molecule has 9 nitrogen and oxygen atoms in total. The van der Waals surface area contributed by atoms with Crippen LogP contribution in [-0.2, 0) is 18.4 Å². The number of para-hydroxylation sites is 1. The van der Waals surface area contributed by atoms with E-state index >= 15 is 0 Å². The van der Waals surface area contributed by atoms with Crippen molar-refractivity contribution in [1.29, 1.82) is 0 Å². The Kier molecular flexibility index (Phi) is 7.16. The van der Waals surface area contributed by atoms with Crippen molar-refractivity contribution in [1.82, 2.24) is 23.9 Å². The predicted molar refractivity (Wildman–Crippen MR) is 166 cm³/mol. The number of amides is 2. The van der Waals surface area contributed by atoms with Gasteiger partial charge in [0.2, 0.25) is 5.91 Å². The van der Waals surface area contributed by atoms with Crippen LogP contribution in [0.3, 0.4) is 0 Å². The number of nitrogens with zero attached hydrogens (tertiary/aromatic N) is 5. The van der Waals surface area contributed by atoms with Crippen molar-refractivity contribution in [3.63, 3.8) is 0 Å². The molecule has 0 unspecified atom stereocenters. The Labute approximate surface area is 252 Å². The number of imidazole rings is 1. The number of hydrogen-bond acceptors (Lipinski definition) is 5. The molecule has 2 saturated heterocycles. The van der Waals surface area contributed by atoms with Crippen LogP contribution in [0.25, 0.3) is 33.5 Å². The molecule has 4 aromatic rings. The van der Waals surface area contributed by atoms with E-state index in [0.717, 1.165) is 60.4 Å². The fourth-order valence-electron chi connectivity index (χ4n) is 7.18. The SMILES string of the molecule is CC[C@@H]1CCCN(C(=O)c2cc(OC)c3c(c2)nc(-c2cc4cccc(C5CN(C(=O)CO)C5)c4n2CC2CC2)n3C)C1. The van der Waals surface area contributed by atoms with Gasteiger partial charge in [-0.25, -0.2) is 4.98 Å². The minimum absolute atomic E-state index is 0.0484. The maximum Gasteiger partial charge on any atom is 0.254 e. The first-order valence-corrected chi connectivity index (χ1v) is 15.7. The molecule has 1 aliphatic carbocycles. The molecule has 4 heterocycles. The van der Waals surface area contributed by atoms with Crippen molar-refractivity contribution in [2.24, 2.45) is 18.9 Å². The second-order valence-electron chi connectivity index (χ2n) is 12.7. The lowest BCUT2D eigenvalue weighted by atomic mass is 9.90. The summed E-state index contributed by atoms with van der Waals surface area (Å²) in [4.78, 5) is 34.6. The molecule has 226 valence electrons. The molecule has 1 saturated carbocycles. The molecular formula is C34H41N5O4. The van der Waals surface area contributed by atoms with Crippen LogP contribution in [0.15, 0.2) is 36.4 Å². The Morgan fingerprint density at radius 1 is 1.02 bits per heavy atom. The second kappa shape index (κ2) is 11.0. The Hall–Kier alpha value is -3.85. The second-order valence-corrected chi connectivity index (χ2v) is 12.7. The van der Waals surface area contributed by atoms with Crippen LogP contribution in [0.4, 0.5) is 0 Å². The number of benzene rings is 2. The highest BCUT2D eigenvalue weighted by molar-refractivity contribution is 6.00. The van der Waals surface area contributed by atoms with E-state index in [4.69, 9.17) is 9.72 Å². The van der Waals surface area contributed by atoms with Crippen LogP contribution in [0, 0.1) is 11.8 Å². The fourth-order valence-corrected chi connectivity index (χ4v) is 7.18. The summed E-state index contributed by atoms with van der Waals surface area (Å²) in [5.41, 5.74) is 5.74. The summed E-state index contributed by atoms with van der Waals surface area (Å²) >= 11 is 0. The van der Waals surface area contributed by atoms with Gasteiger partial charge in [-0.2, -0.15) is 0 Å². The summed E-state index contributed by atoms with van der Waals surface area (Å²) in [6.45, 7) is 5.52. The number of hydrogen-bond donors (Lipinski definition) is 1. The highest BCUT2D eigenvalue weighted by atomic mass is 16.5. The summed E-state index contributed by atoms with van der Waals surface area (Å²) < 4.78 is 10.4. The largest absolute Gasteiger partial charge is 0.494 e. The normalized spacial score (nSPS) is 19.3. The van der Waals surface area contributed by atoms with Crippen LogP contribution >= 0.6 is 0 Å². The number of fused-ring (bicyclic) bond motifs is 2. The van der Waals surface area contributed by atoms with Gasteiger partial charge >= 0.3 is 0 Å². The summed E-state index contributed by atoms with van der Waals surface area (Å²) in [7, 11) is 3.68. The van der Waals surface area contributed by atoms with E-state index in [2.05, 4.69) is 40.3 Å². The minimum Gasteiger partial charge on any atom is -0.494 e. The van der Waals surface area contributed by atoms with E-state index in [-0.39, 0.29) is 17.7 Å². The number of aromatic nitrogens is 3. The molecule has 2 aromatic carbocycles. The van der Waals surface area contributed by atoms with Crippen molar-refractivity contribution >= 4 is 33.8 Å². The summed E-state index contributed by atoms with van der Waals surface area (Å²) in [5.74, 6) is 2.76.